The molecule has 1 aliphatic rings. The van der Waals surface area contributed by atoms with Crippen LogP contribution in [0.3, 0.4) is 0 Å². The Morgan fingerprint density at radius 3 is 2.80 bits per heavy atom. The minimum Gasteiger partial charge on any atom is -0.480 e. The largest absolute Gasteiger partial charge is 0.480 e. The third kappa shape index (κ3) is 2.59. The second kappa shape index (κ2) is 6.15. The molecule has 1 saturated carbocycles. The zero-order chi connectivity index (χ0) is 17.6. The molecule has 2 N–H and O–H groups in total. The Morgan fingerprint density at radius 2 is 2.16 bits per heavy atom. The van der Waals surface area contributed by atoms with Crippen LogP contribution in [-0.2, 0) is 0 Å². The Balaban J connectivity index is 1.99. The summed E-state index contributed by atoms with van der Waals surface area (Å²) < 4.78 is 7.66. The van der Waals surface area contributed by atoms with Gasteiger partial charge in [-0.15, -0.1) is 11.3 Å². The average molecular weight is 356 g/mol. The topological polar surface area (TPSA) is 83.0 Å². The molecule has 3 aromatic rings. The van der Waals surface area contributed by atoms with E-state index in [0.29, 0.717) is 16.8 Å². The number of methoxy groups -OCH3 is 1. The summed E-state index contributed by atoms with van der Waals surface area (Å²) in [5.41, 5.74) is 9.24. The Hall–Kier alpha value is -2.41. The Bertz CT molecular complexity index is 954. The van der Waals surface area contributed by atoms with Crippen LogP contribution in [0.25, 0.3) is 22.2 Å². The number of nitrogens with two attached hydrogens (primary N) is 1. The van der Waals surface area contributed by atoms with E-state index in [-0.39, 0.29) is 0 Å². The third-order valence-electron chi connectivity index (χ3n) is 4.85. The van der Waals surface area contributed by atoms with Crippen LogP contribution in [-0.4, -0.2) is 27.8 Å². The maximum absolute atomic E-state index is 11.5. The van der Waals surface area contributed by atoms with Gasteiger partial charge >= 0.3 is 0 Å². The van der Waals surface area contributed by atoms with Crippen molar-refractivity contribution in [2.45, 2.75) is 38.6 Å². The van der Waals surface area contributed by atoms with E-state index < -0.39 is 5.91 Å². The summed E-state index contributed by atoms with van der Waals surface area (Å²) in [4.78, 5) is 16.4. The van der Waals surface area contributed by atoms with Crippen molar-refractivity contribution >= 4 is 28.1 Å². The number of carbonyl (C=O) groups excluding carboxylic acids is 1. The van der Waals surface area contributed by atoms with Gasteiger partial charge in [0.05, 0.1) is 28.9 Å². The standard InChI is InChI=1S/C18H20N4O2S/c1-10-8-20-18(24-2)14-15(11-7-13(17(19)23)25-9-11)21-22(16(10)14)12-5-3-4-6-12/h7-9,12H,3-6H2,1-2H3,(H2,19,23). The fraction of sp³-hybridized carbons (Fsp3) is 0.389. The van der Waals surface area contributed by atoms with E-state index in [1.54, 1.807) is 13.2 Å². The lowest BCUT2D eigenvalue weighted by Gasteiger charge is -2.12. The number of carbonyl (C=O) groups is 1. The van der Waals surface area contributed by atoms with E-state index in [4.69, 9.17) is 15.6 Å². The number of pyridine rings is 1. The molecular weight excluding hydrogens is 336 g/mol. The number of rotatable bonds is 4. The molecule has 0 unspecified atom stereocenters. The second-order valence-corrected chi connectivity index (χ2v) is 7.38. The van der Waals surface area contributed by atoms with Crippen molar-refractivity contribution in [1.82, 2.24) is 14.8 Å². The molecule has 0 radical (unpaired) electrons. The molecule has 1 fully saturated rings. The summed E-state index contributed by atoms with van der Waals surface area (Å²) in [6.07, 6.45) is 6.56. The monoisotopic (exact) mass is 356 g/mol. The summed E-state index contributed by atoms with van der Waals surface area (Å²) in [5, 5.41) is 7.76. The molecule has 0 atom stereocenters. The number of ether oxygens (including phenoxy) is 1. The molecule has 3 aromatic heterocycles. The van der Waals surface area contributed by atoms with Crippen LogP contribution in [0.5, 0.6) is 5.88 Å². The van der Waals surface area contributed by atoms with Crippen LogP contribution in [0.2, 0.25) is 0 Å². The molecule has 3 heterocycles. The fourth-order valence-corrected chi connectivity index (χ4v) is 4.40. The molecule has 0 spiro atoms. The van der Waals surface area contributed by atoms with Gasteiger partial charge in [0.2, 0.25) is 5.88 Å². The van der Waals surface area contributed by atoms with Gasteiger partial charge in [0.25, 0.3) is 5.91 Å². The van der Waals surface area contributed by atoms with Gasteiger partial charge in [-0.2, -0.15) is 5.10 Å². The molecule has 0 aliphatic heterocycles. The molecule has 130 valence electrons. The minimum absolute atomic E-state index is 0.399. The lowest BCUT2D eigenvalue weighted by molar-refractivity contribution is 0.100. The molecule has 1 amide bonds. The maximum Gasteiger partial charge on any atom is 0.258 e. The molecule has 25 heavy (non-hydrogen) atoms. The van der Waals surface area contributed by atoms with Crippen molar-refractivity contribution in [3.05, 3.63) is 28.1 Å². The van der Waals surface area contributed by atoms with Crippen molar-refractivity contribution < 1.29 is 9.53 Å². The van der Waals surface area contributed by atoms with Gasteiger partial charge < -0.3 is 10.5 Å². The van der Waals surface area contributed by atoms with Gasteiger partial charge in [-0.3, -0.25) is 9.48 Å². The van der Waals surface area contributed by atoms with E-state index in [1.807, 2.05) is 18.5 Å². The molecular formula is C18H20N4O2S. The number of primary amides is 1. The van der Waals surface area contributed by atoms with Crippen LogP contribution in [0.15, 0.2) is 17.6 Å². The number of fused-ring (bicyclic) bond motifs is 1. The number of aryl methyl sites for hydroxylation is 1. The van der Waals surface area contributed by atoms with Crippen LogP contribution < -0.4 is 10.5 Å². The number of nitrogens with zero attached hydrogens (tertiary/aromatic N) is 3. The predicted octanol–water partition coefficient (Wildman–Crippen LogP) is 3.69. The zero-order valence-corrected chi connectivity index (χ0v) is 15.1. The smallest absolute Gasteiger partial charge is 0.258 e. The van der Waals surface area contributed by atoms with Gasteiger partial charge in [-0.25, -0.2) is 4.98 Å². The highest BCUT2D eigenvalue weighted by Gasteiger charge is 2.26. The predicted molar refractivity (Wildman–Crippen MR) is 98.2 cm³/mol. The van der Waals surface area contributed by atoms with Gasteiger partial charge in [-0.05, 0) is 31.4 Å². The average Bonchev–Trinajstić information content (AvgIpc) is 3.33. The van der Waals surface area contributed by atoms with Crippen LogP contribution in [0, 0.1) is 6.92 Å². The Morgan fingerprint density at radius 1 is 1.40 bits per heavy atom. The summed E-state index contributed by atoms with van der Waals surface area (Å²) in [6.45, 7) is 2.05. The summed E-state index contributed by atoms with van der Waals surface area (Å²) in [7, 11) is 1.62. The summed E-state index contributed by atoms with van der Waals surface area (Å²) >= 11 is 1.34. The third-order valence-corrected chi connectivity index (χ3v) is 5.80. The lowest BCUT2D eigenvalue weighted by Crippen LogP contribution is -2.08. The minimum atomic E-state index is -0.419. The van der Waals surface area contributed by atoms with Gasteiger partial charge in [0, 0.05) is 17.1 Å². The first kappa shape index (κ1) is 16.1. The highest BCUT2D eigenvalue weighted by atomic mass is 32.1. The van der Waals surface area contributed by atoms with E-state index in [0.717, 1.165) is 40.6 Å². The van der Waals surface area contributed by atoms with Crippen molar-refractivity contribution in [2.75, 3.05) is 7.11 Å². The van der Waals surface area contributed by atoms with Crippen LogP contribution >= 0.6 is 11.3 Å². The molecule has 0 bridgehead atoms. The summed E-state index contributed by atoms with van der Waals surface area (Å²) in [5.74, 6) is 0.142. The first-order valence-corrected chi connectivity index (χ1v) is 9.28. The molecule has 1 aliphatic carbocycles. The highest BCUT2D eigenvalue weighted by Crippen LogP contribution is 2.40. The first-order valence-electron chi connectivity index (χ1n) is 8.40. The molecule has 7 heteroatoms. The molecule has 0 saturated heterocycles. The van der Waals surface area contributed by atoms with E-state index >= 15 is 0 Å². The quantitative estimate of drug-likeness (QED) is 0.773. The van der Waals surface area contributed by atoms with Crippen molar-refractivity contribution in [3.8, 4) is 17.1 Å². The zero-order valence-electron chi connectivity index (χ0n) is 14.3. The first-order chi connectivity index (χ1) is 12.1. The van der Waals surface area contributed by atoms with Crippen molar-refractivity contribution in [1.29, 1.82) is 0 Å². The van der Waals surface area contributed by atoms with E-state index in [2.05, 4.69) is 9.67 Å². The number of thiophene rings is 1. The second-order valence-electron chi connectivity index (χ2n) is 6.47. The van der Waals surface area contributed by atoms with Gasteiger partial charge in [-0.1, -0.05) is 12.8 Å². The Kier molecular flexibility index (Phi) is 3.95. The number of amides is 1. The Labute approximate surface area is 149 Å². The highest BCUT2D eigenvalue weighted by molar-refractivity contribution is 7.12. The molecule has 0 aromatic carbocycles. The van der Waals surface area contributed by atoms with Crippen molar-refractivity contribution in [2.24, 2.45) is 5.73 Å². The number of aromatic nitrogens is 3. The molecule has 6 nitrogen and oxygen atoms in total. The van der Waals surface area contributed by atoms with Crippen LogP contribution in [0.4, 0.5) is 0 Å². The van der Waals surface area contributed by atoms with E-state index in [1.165, 1.54) is 24.2 Å². The van der Waals surface area contributed by atoms with Crippen molar-refractivity contribution in [3.63, 3.8) is 0 Å². The van der Waals surface area contributed by atoms with Gasteiger partial charge in [0.15, 0.2) is 0 Å². The maximum atomic E-state index is 11.5. The lowest BCUT2D eigenvalue weighted by atomic mass is 10.1. The number of hydrogen-bond donors (Lipinski definition) is 1. The normalized spacial score (nSPS) is 15.1. The number of hydrogen-bond acceptors (Lipinski definition) is 5. The summed E-state index contributed by atoms with van der Waals surface area (Å²) in [6, 6.07) is 2.20. The van der Waals surface area contributed by atoms with E-state index in [9.17, 15) is 4.79 Å². The van der Waals surface area contributed by atoms with Gasteiger partial charge in [0.1, 0.15) is 5.69 Å². The fourth-order valence-electron chi connectivity index (χ4n) is 3.66. The van der Waals surface area contributed by atoms with Crippen LogP contribution in [0.1, 0.15) is 47.0 Å². The molecule has 4 rings (SSSR count). The SMILES string of the molecule is COc1ncc(C)c2c1c(-c1csc(C(N)=O)c1)nn2C1CCCC1.